The van der Waals surface area contributed by atoms with Crippen LogP contribution in [-0.4, -0.2) is 26.4 Å². The molecule has 0 saturated carbocycles. The number of methoxy groups -OCH3 is 1. The summed E-state index contributed by atoms with van der Waals surface area (Å²) < 4.78 is 16.1. The average Bonchev–Trinajstić information content (AvgIpc) is 2.72. The molecule has 0 aliphatic rings. The van der Waals surface area contributed by atoms with Crippen molar-refractivity contribution in [3.63, 3.8) is 0 Å². The van der Waals surface area contributed by atoms with Crippen LogP contribution in [0.15, 0.2) is 16.5 Å². The highest BCUT2D eigenvalue weighted by molar-refractivity contribution is 5.06. The van der Waals surface area contributed by atoms with Crippen LogP contribution in [0.2, 0.25) is 0 Å². The maximum Gasteiger partial charge on any atom is 0.129 e. The molecule has 0 aliphatic carbocycles. The van der Waals surface area contributed by atoms with Gasteiger partial charge in [-0.1, -0.05) is 6.92 Å². The maximum absolute atomic E-state index is 5.59. The third-order valence-electron chi connectivity index (χ3n) is 2.18. The molecule has 1 aromatic heterocycles. The van der Waals surface area contributed by atoms with Gasteiger partial charge in [0.25, 0.3) is 0 Å². The molecular formula is C12H21NO3. The van der Waals surface area contributed by atoms with Gasteiger partial charge in [-0.05, 0) is 25.6 Å². The van der Waals surface area contributed by atoms with Gasteiger partial charge >= 0.3 is 0 Å². The minimum atomic E-state index is 0.0901. The van der Waals surface area contributed by atoms with Crippen molar-refractivity contribution in [1.82, 2.24) is 5.32 Å². The summed E-state index contributed by atoms with van der Waals surface area (Å²) in [7, 11) is 1.67. The first-order chi connectivity index (χ1) is 7.76. The highest BCUT2D eigenvalue weighted by atomic mass is 16.5. The van der Waals surface area contributed by atoms with Gasteiger partial charge in [0.15, 0.2) is 0 Å². The average molecular weight is 227 g/mol. The van der Waals surface area contributed by atoms with Crippen LogP contribution in [0.5, 0.6) is 0 Å². The van der Waals surface area contributed by atoms with E-state index in [-0.39, 0.29) is 6.10 Å². The van der Waals surface area contributed by atoms with Crippen molar-refractivity contribution in [3.05, 3.63) is 23.7 Å². The summed E-state index contributed by atoms with van der Waals surface area (Å²) in [6.45, 7) is 6.86. The zero-order valence-electron chi connectivity index (χ0n) is 10.3. The molecule has 1 rings (SSSR count). The highest BCUT2D eigenvalue weighted by Gasteiger charge is 2.05. The van der Waals surface area contributed by atoms with Crippen molar-refractivity contribution in [3.8, 4) is 0 Å². The summed E-state index contributed by atoms with van der Waals surface area (Å²) in [5.41, 5.74) is 0. The van der Waals surface area contributed by atoms with Crippen LogP contribution < -0.4 is 5.32 Å². The predicted octanol–water partition coefficient (Wildman–Crippen LogP) is 1.94. The normalized spacial score (nSPS) is 12.9. The van der Waals surface area contributed by atoms with Crippen LogP contribution in [0.4, 0.5) is 0 Å². The van der Waals surface area contributed by atoms with Crippen molar-refractivity contribution in [2.75, 3.05) is 20.3 Å². The molecular weight excluding hydrogens is 206 g/mol. The number of hydrogen-bond acceptors (Lipinski definition) is 4. The molecule has 0 spiro atoms. The standard InChI is InChI=1S/C12H21NO3/c1-4-13-7-11-5-6-12(16-11)9-15-10(2)8-14-3/h5-6,10,13H,4,7-9H2,1-3H3. The van der Waals surface area contributed by atoms with Gasteiger partial charge in [-0.2, -0.15) is 0 Å². The Morgan fingerprint density at radius 2 is 2.12 bits per heavy atom. The van der Waals surface area contributed by atoms with Gasteiger partial charge in [0.2, 0.25) is 0 Å². The molecule has 0 aliphatic heterocycles. The molecule has 1 heterocycles. The van der Waals surface area contributed by atoms with E-state index in [2.05, 4.69) is 12.2 Å². The zero-order chi connectivity index (χ0) is 11.8. The first-order valence-corrected chi connectivity index (χ1v) is 5.65. The van der Waals surface area contributed by atoms with Gasteiger partial charge in [-0.25, -0.2) is 0 Å². The Balaban J connectivity index is 2.28. The number of rotatable bonds is 8. The van der Waals surface area contributed by atoms with Crippen LogP contribution >= 0.6 is 0 Å². The van der Waals surface area contributed by atoms with Gasteiger partial charge in [0.1, 0.15) is 18.1 Å². The number of nitrogens with one attached hydrogen (secondary N) is 1. The van der Waals surface area contributed by atoms with Gasteiger partial charge in [-0.15, -0.1) is 0 Å². The van der Waals surface area contributed by atoms with Gasteiger partial charge in [-0.3, -0.25) is 0 Å². The Hall–Kier alpha value is -0.840. The van der Waals surface area contributed by atoms with E-state index in [9.17, 15) is 0 Å². The molecule has 16 heavy (non-hydrogen) atoms. The van der Waals surface area contributed by atoms with E-state index in [0.29, 0.717) is 13.2 Å². The maximum atomic E-state index is 5.59. The molecule has 92 valence electrons. The highest BCUT2D eigenvalue weighted by Crippen LogP contribution is 2.10. The zero-order valence-corrected chi connectivity index (χ0v) is 10.3. The topological polar surface area (TPSA) is 43.6 Å². The van der Waals surface area contributed by atoms with E-state index in [1.54, 1.807) is 7.11 Å². The van der Waals surface area contributed by atoms with Crippen molar-refractivity contribution in [2.45, 2.75) is 33.1 Å². The minimum absolute atomic E-state index is 0.0901. The van der Waals surface area contributed by atoms with Crippen LogP contribution in [0.1, 0.15) is 25.4 Å². The third-order valence-corrected chi connectivity index (χ3v) is 2.18. The summed E-state index contributed by atoms with van der Waals surface area (Å²) in [5, 5.41) is 3.21. The molecule has 0 bridgehead atoms. The fourth-order valence-corrected chi connectivity index (χ4v) is 1.35. The summed E-state index contributed by atoms with van der Waals surface area (Å²) in [6.07, 6.45) is 0.0901. The molecule has 0 amide bonds. The predicted molar refractivity (Wildman–Crippen MR) is 62.2 cm³/mol. The summed E-state index contributed by atoms with van der Waals surface area (Å²) >= 11 is 0. The lowest BCUT2D eigenvalue weighted by molar-refractivity contribution is -0.00665. The number of hydrogen-bond donors (Lipinski definition) is 1. The van der Waals surface area contributed by atoms with Crippen LogP contribution in [0.25, 0.3) is 0 Å². The molecule has 1 N–H and O–H groups in total. The van der Waals surface area contributed by atoms with Crippen LogP contribution in [-0.2, 0) is 22.6 Å². The fraction of sp³-hybridized carbons (Fsp3) is 0.667. The van der Waals surface area contributed by atoms with E-state index in [1.165, 1.54) is 0 Å². The first kappa shape index (κ1) is 13.2. The lowest BCUT2D eigenvalue weighted by atomic mass is 10.4. The summed E-state index contributed by atoms with van der Waals surface area (Å²) in [5.74, 6) is 1.80. The van der Waals surface area contributed by atoms with Crippen molar-refractivity contribution < 1.29 is 13.9 Å². The summed E-state index contributed by atoms with van der Waals surface area (Å²) in [6, 6.07) is 3.93. The number of furan rings is 1. The van der Waals surface area contributed by atoms with Gasteiger partial charge < -0.3 is 19.2 Å². The molecule has 0 radical (unpaired) electrons. The van der Waals surface area contributed by atoms with Crippen LogP contribution in [0, 0.1) is 0 Å². The molecule has 0 aromatic carbocycles. The molecule has 1 atom stereocenters. The van der Waals surface area contributed by atoms with E-state index >= 15 is 0 Å². The minimum Gasteiger partial charge on any atom is -0.462 e. The van der Waals surface area contributed by atoms with E-state index in [0.717, 1.165) is 24.6 Å². The van der Waals surface area contributed by atoms with E-state index in [1.807, 2.05) is 19.1 Å². The largest absolute Gasteiger partial charge is 0.462 e. The Bertz CT molecular complexity index is 286. The van der Waals surface area contributed by atoms with Crippen LogP contribution in [0.3, 0.4) is 0 Å². The van der Waals surface area contributed by atoms with Gasteiger partial charge in [0.05, 0.1) is 19.3 Å². The quantitative estimate of drug-likeness (QED) is 0.737. The lowest BCUT2D eigenvalue weighted by Crippen LogP contribution is -2.14. The lowest BCUT2D eigenvalue weighted by Gasteiger charge is -2.10. The second-order valence-corrected chi connectivity index (χ2v) is 3.73. The number of ether oxygens (including phenoxy) is 2. The van der Waals surface area contributed by atoms with Crippen molar-refractivity contribution in [2.24, 2.45) is 0 Å². The molecule has 4 heteroatoms. The Labute approximate surface area is 96.9 Å². The molecule has 0 fully saturated rings. The van der Waals surface area contributed by atoms with E-state index in [4.69, 9.17) is 13.9 Å². The fourth-order valence-electron chi connectivity index (χ4n) is 1.35. The Morgan fingerprint density at radius 3 is 2.81 bits per heavy atom. The molecule has 4 nitrogen and oxygen atoms in total. The first-order valence-electron chi connectivity index (χ1n) is 5.65. The smallest absolute Gasteiger partial charge is 0.129 e. The second kappa shape index (κ2) is 7.44. The SMILES string of the molecule is CCNCc1ccc(COC(C)COC)o1. The third kappa shape index (κ3) is 4.79. The van der Waals surface area contributed by atoms with Gasteiger partial charge in [0, 0.05) is 7.11 Å². The Kier molecular flexibility index (Phi) is 6.15. The van der Waals surface area contributed by atoms with E-state index < -0.39 is 0 Å². The molecule has 1 aromatic rings. The second-order valence-electron chi connectivity index (χ2n) is 3.73. The molecule has 1 unspecified atom stereocenters. The Morgan fingerprint density at radius 1 is 1.38 bits per heavy atom. The van der Waals surface area contributed by atoms with Crippen molar-refractivity contribution >= 4 is 0 Å². The van der Waals surface area contributed by atoms with Crippen molar-refractivity contribution in [1.29, 1.82) is 0 Å². The monoisotopic (exact) mass is 227 g/mol. The molecule has 0 saturated heterocycles. The summed E-state index contributed by atoms with van der Waals surface area (Å²) in [4.78, 5) is 0.